The number of piperidine rings is 2. The van der Waals surface area contributed by atoms with Crippen LogP contribution in [0.25, 0.3) is 0 Å². The van der Waals surface area contributed by atoms with Gasteiger partial charge >= 0.3 is 0 Å². The molecular formula is C19H27N5O2S. The SMILES string of the molecule is Cc1coc(C)c1C(=O)Nc1nnc(N2CCC(N3CCCCC3)CC2)s1. The van der Waals surface area contributed by atoms with Crippen LogP contribution in [0.15, 0.2) is 10.7 Å². The molecule has 8 heteroatoms. The quantitative estimate of drug-likeness (QED) is 0.863. The van der Waals surface area contributed by atoms with Crippen molar-refractivity contribution in [3.05, 3.63) is 23.2 Å². The average Bonchev–Trinajstić information content (AvgIpc) is 3.29. The van der Waals surface area contributed by atoms with Crippen LogP contribution in [-0.2, 0) is 0 Å². The number of amides is 1. The predicted octanol–water partition coefficient (Wildman–Crippen LogP) is 3.45. The summed E-state index contributed by atoms with van der Waals surface area (Å²) in [5.41, 5.74) is 1.41. The van der Waals surface area contributed by atoms with Crippen LogP contribution >= 0.6 is 11.3 Å². The van der Waals surface area contributed by atoms with Gasteiger partial charge < -0.3 is 14.2 Å². The molecule has 0 atom stereocenters. The van der Waals surface area contributed by atoms with Gasteiger partial charge in [0.1, 0.15) is 5.76 Å². The largest absolute Gasteiger partial charge is 0.469 e. The van der Waals surface area contributed by atoms with Crippen molar-refractivity contribution in [1.82, 2.24) is 15.1 Å². The Morgan fingerprint density at radius 2 is 1.89 bits per heavy atom. The van der Waals surface area contributed by atoms with Gasteiger partial charge in [0.15, 0.2) is 0 Å². The maximum atomic E-state index is 12.5. The Balaban J connectivity index is 1.34. The van der Waals surface area contributed by atoms with Crippen molar-refractivity contribution in [2.75, 3.05) is 36.4 Å². The minimum Gasteiger partial charge on any atom is -0.469 e. The van der Waals surface area contributed by atoms with Crippen LogP contribution in [-0.4, -0.2) is 53.2 Å². The van der Waals surface area contributed by atoms with Gasteiger partial charge in [0, 0.05) is 24.7 Å². The van der Waals surface area contributed by atoms with Gasteiger partial charge in [-0.15, -0.1) is 10.2 Å². The highest BCUT2D eigenvalue weighted by Crippen LogP contribution is 2.29. The van der Waals surface area contributed by atoms with Crippen LogP contribution in [0, 0.1) is 13.8 Å². The van der Waals surface area contributed by atoms with Gasteiger partial charge in [-0.3, -0.25) is 10.1 Å². The summed E-state index contributed by atoms with van der Waals surface area (Å²) in [6.07, 6.45) is 8.02. The Morgan fingerprint density at radius 3 is 2.56 bits per heavy atom. The number of likely N-dealkylation sites (tertiary alicyclic amines) is 1. The molecule has 2 fully saturated rings. The number of hydrogen-bond donors (Lipinski definition) is 1. The molecule has 2 aliphatic heterocycles. The van der Waals surface area contributed by atoms with Gasteiger partial charge in [-0.1, -0.05) is 17.8 Å². The summed E-state index contributed by atoms with van der Waals surface area (Å²) in [5, 5.41) is 12.7. The fourth-order valence-electron chi connectivity index (χ4n) is 4.17. The van der Waals surface area contributed by atoms with E-state index >= 15 is 0 Å². The molecule has 2 aromatic heterocycles. The summed E-state index contributed by atoms with van der Waals surface area (Å²) in [6.45, 7) is 8.18. The van der Waals surface area contributed by atoms with E-state index in [4.69, 9.17) is 4.42 Å². The molecule has 146 valence electrons. The zero-order chi connectivity index (χ0) is 18.8. The molecule has 4 rings (SSSR count). The van der Waals surface area contributed by atoms with Crippen molar-refractivity contribution < 1.29 is 9.21 Å². The van der Waals surface area contributed by atoms with Crippen LogP contribution in [0.4, 0.5) is 10.3 Å². The van der Waals surface area contributed by atoms with Crippen molar-refractivity contribution in [2.45, 2.75) is 52.0 Å². The molecule has 1 N–H and O–H groups in total. The maximum Gasteiger partial charge on any atom is 0.261 e. The van der Waals surface area contributed by atoms with Crippen molar-refractivity contribution in [2.24, 2.45) is 0 Å². The Kier molecular flexibility index (Phi) is 5.45. The van der Waals surface area contributed by atoms with Gasteiger partial charge in [0.05, 0.1) is 11.8 Å². The first-order valence-electron chi connectivity index (χ1n) is 9.80. The highest BCUT2D eigenvalue weighted by Gasteiger charge is 2.27. The molecule has 0 radical (unpaired) electrons. The summed E-state index contributed by atoms with van der Waals surface area (Å²) in [5.74, 6) is 0.430. The lowest BCUT2D eigenvalue weighted by molar-refractivity contribution is 0.102. The standard InChI is InChI=1S/C19H27N5O2S/c1-13-12-26-14(2)16(13)17(25)20-18-21-22-19(27-18)24-10-6-15(7-11-24)23-8-4-3-5-9-23/h12,15H,3-11H2,1-2H3,(H,20,21,25). The number of carbonyl (C=O) groups excluding carboxylic acids is 1. The Hall–Kier alpha value is -1.93. The number of anilines is 2. The first-order chi connectivity index (χ1) is 13.1. The van der Waals surface area contributed by atoms with Gasteiger partial charge in [0.2, 0.25) is 10.3 Å². The second kappa shape index (κ2) is 7.98. The van der Waals surface area contributed by atoms with Crippen LogP contribution < -0.4 is 10.2 Å². The molecule has 0 bridgehead atoms. The predicted molar refractivity (Wildman–Crippen MR) is 107 cm³/mol. The molecular weight excluding hydrogens is 362 g/mol. The van der Waals surface area contributed by atoms with Gasteiger partial charge in [-0.25, -0.2) is 0 Å². The smallest absolute Gasteiger partial charge is 0.261 e. The van der Waals surface area contributed by atoms with Crippen LogP contribution in [0.5, 0.6) is 0 Å². The molecule has 2 saturated heterocycles. The fraction of sp³-hybridized carbons (Fsp3) is 0.632. The van der Waals surface area contributed by atoms with Gasteiger partial charge in [-0.05, 0) is 52.6 Å². The van der Waals surface area contributed by atoms with E-state index in [1.54, 1.807) is 13.2 Å². The Bertz CT molecular complexity index is 768. The highest BCUT2D eigenvalue weighted by atomic mass is 32.1. The van der Waals surface area contributed by atoms with Crippen molar-refractivity contribution >= 4 is 27.5 Å². The number of aryl methyl sites for hydroxylation is 2. The molecule has 0 saturated carbocycles. The Morgan fingerprint density at radius 1 is 1.15 bits per heavy atom. The second-order valence-electron chi connectivity index (χ2n) is 7.51. The lowest BCUT2D eigenvalue weighted by atomic mass is 10.0. The lowest BCUT2D eigenvalue weighted by Gasteiger charge is -2.40. The molecule has 7 nitrogen and oxygen atoms in total. The van der Waals surface area contributed by atoms with E-state index in [1.165, 1.54) is 56.5 Å². The minimum atomic E-state index is -0.190. The first-order valence-corrected chi connectivity index (χ1v) is 10.6. The number of nitrogens with one attached hydrogen (secondary N) is 1. The normalized spacial score (nSPS) is 19.4. The third-order valence-electron chi connectivity index (χ3n) is 5.66. The molecule has 4 heterocycles. The summed E-state index contributed by atoms with van der Waals surface area (Å²) in [4.78, 5) is 17.4. The van der Waals surface area contributed by atoms with Gasteiger partial charge in [0.25, 0.3) is 5.91 Å². The highest BCUT2D eigenvalue weighted by molar-refractivity contribution is 7.19. The summed E-state index contributed by atoms with van der Waals surface area (Å²) in [7, 11) is 0. The summed E-state index contributed by atoms with van der Waals surface area (Å²) in [6, 6.07) is 0.709. The molecule has 0 aliphatic carbocycles. The molecule has 0 aromatic carbocycles. The van der Waals surface area contributed by atoms with E-state index in [-0.39, 0.29) is 5.91 Å². The second-order valence-corrected chi connectivity index (χ2v) is 8.46. The van der Waals surface area contributed by atoms with Gasteiger partial charge in [-0.2, -0.15) is 0 Å². The monoisotopic (exact) mass is 389 g/mol. The Labute approximate surface area is 163 Å². The average molecular weight is 390 g/mol. The van der Waals surface area contributed by atoms with Crippen molar-refractivity contribution in [3.8, 4) is 0 Å². The van der Waals surface area contributed by atoms with E-state index in [2.05, 4.69) is 25.3 Å². The fourth-order valence-corrected chi connectivity index (χ4v) is 4.96. The zero-order valence-electron chi connectivity index (χ0n) is 16.0. The number of hydrogen-bond acceptors (Lipinski definition) is 7. The minimum absolute atomic E-state index is 0.190. The molecule has 27 heavy (non-hydrogen) atoms. The number of furan rings is 1. The van der Waals surface area contributed by atoms with E-state index < -0.39 is 0 Å². The van der Waals surface area contributed by atoms with Crippen LogP contribution in [0.2, 0.25) is 0 Å². The zero-order valence-corrected chi connectivity index (χ0v) is 16.8. The van der Waals surface area contributed by atoms with E-state index in [0.717, 1.165) is 23.8 Å². The molecule has 0 spiro atoms. The van der Waals surface area contributed by atoms with Crippen LogP contribution in [0.3, 0.4) is 0 Å². The third kappa shape index (κ3) is 4.01. The topological polar surface area (TPSA) is 74.5 Å². The van der Waals surface area contributed by atoms with E-state index in [0.29, 0.717) is 22.5 Å². The molecule has 2 aromatic rings. The molecule has 2 aliphatic rings. The third-order valence-corrected chi connectivity index (χ3v) is 6.56. The summed E-state index contributed by atoms with van der Waals surface area (Å²) >= 11 is 1.44. The maximum absolute atomic E-state index is 12.5. The molecule has 0 unspecified atom stereocenters. The lowest BCUT2D eigenvalue weighted by Crippen LogP contribution is -2.46. The van der Waals surface area contributed by atoms with Crippen molar-refractivity contribution in [1.29, 1.82) is 0 Å². The van der Waals surface area contributed by atoms with Crippen LogP contribution in [0.1, 0.15) is 53.8 Å². The number of aromatic nitrogens is 2. The van der Waals surface area contributed by atoms with Crippen molar-refractivity contribution in [3.63, 3.8) is 0 Å². The number of carbonyl (C=O) groups is 1. The van der Waals surface area contributed by atoms with E-state index in [9.17, 15) is 4.79 Å². The summed E-state index contributed by atoms with van der Waals surface area (Å²) < 4.78 is 5.31. The number of rotatable bonds is 4. The number of nitrogens with zero attached hydrogens (tertiary/aromatic N) is 4. The molecule has 1 amide bonds. The van der Waals surface area contributed by atoms with E-state index in [1.807, 2.05) is 6.92 Å². The first kappa shape index (κ1) is 18.4.